The molecular weight excluding hydrogens is 260 g/mol. The molecule has 0 spiro atoms. The smallest absolute Gasteiger partial charge is 0.227 e. The van der Waals surface area contributed by atoms with Gasteiger partial charge in [-0.2, -0.15) is 0 Å². The maximum atomic E-state index is 12.5. The van der Waals surface area contributed by atoms with Crippen LogP contribution in [0.25, 0.3) is 0 Å². The Morgan fingerprint density at radius 1 is 1.24 bits per heavy atom. The van der Waals surface area contributed by atoms with E-state index in [0.29, 0.717) is 18.4 Å². The van der Waals surface area contributed by atoms with Crippen LogP contribution in [0, 0.1) is 5.92 Å². The summed E-state index contributed by atoms with van der Waals surface area (Å²) in [6.07, 6.45) is 3.75. The molecule has 0 radical (unpaired) electrons. The highest BCUT2D eigenvalue weighted by Gasteiger charge is 2.26. The summed E-state index contributed by atoms with van der Waals surface area (Å²) in [5, 5.41) is 3.56. The number of carbonyl (C=O) groups is 1. The van der Waals surface area contributed by atoms with Gasteiger partial charge < -0.3 is 10.2 Å². The Kier molecular flexibility index (Phi) is 5.80. The number of amides is 1. The van der Waals surface area contributed by atoms with Crippen LogP contribution in [0.3, 0.4) is 0 Å². The minimum Gasteiger partial charge on any atom is -0.312 e. The molecule has 3 nitrogen and oxygen atoms in total. The van der Waals surface area contributed by atoms with Crippen LogP contribution in [0.5, 0.6) is 0 Å². The van der Waals surface area contributed by atoms with Gasteiger partial charge >= 0.3 is 0 Å². The van der Waals surface area contributed by atoms with Crippen LogP contribution in [0.4, 0.5) is 5.69 Å². The average Bonchev–Trinajstić information content (AvgIpc) is 2.65. The molecule has 0 fully saturated rings. The van der Waals surface area contributed by atoms with E-state index >= 15 is 0 Å². The van der Waals surface area contributed by atoms with Gasteiger partial charge in [-0.05, 0) is 36.9 Å². The second kappa shape index (κ2) is 7.60. The van der Waals surface area contributed by atoms with E-state index < -0.39 is 0 Å². The molecule has 3 heteroatoms. The van der Waals surface area contributed by atoms with E-state index in [1.165, 1.54) is 5.56 Å². The predicted octanol–water partition coefficient (Wildman–Crippen LogP) is 3.38. The predicted molar refractivity (Wildman–Crippen MR) is 88.7 cm³/mol. The van der Waals surface area contributed by atoms with E-state index in [1.807, 2.05) is 11.0 Å². The van der Waals surface area contributed by atoms with Gasteiger partial charge in [0, 0.05) is 24.7 Å². The van der Waals surface area contributed by atoms with Crippen molar-refractivity contribution in [3.05, 3.63) is 29.8 Å². The van der Waals surface area contributed by atoms with Crippen LogP contribution in [-0.4, -0.2) is 25.0 Å². The maximum Gasteiger partial charge on any atom is 0.227 e. The lowest BCUT2D eigenvalue weighted by atomic mass is 9.98. The number of rotatable bonds is 6. The van der Waals surface area contributed by atoms with Crippen molar-refractivity contribution in [1.82, 2.24) is 5.32 Å². The molecule has 21 heavy (non-hydrogen) atoms. The molecular formula is C18H28N2O. The highest BCUT2D eigenvalue weighted by Crippen LogP contribution is 2.27. The van der Waals surface area contributed by atoms with E-state index in [1.54, 1.807) is 0 Å². The van der Waals surface area contributed by atoms with Crippen LogP contribution >= 0.6 is 0 Å². The molecule has 1 aliphatic rings. The van der Waals surface area contributed by atoms with E-state index in [-0.39, 0.29) is 5.91 Å². The molecule has 1 aromatic rings. The summed E-state index contributed by atoms with van der Waals surface area (Å²) < 4.78 is 0. The third-order valence-electron chi connectivity index (χ3n) is 4.60. The molecule has 0 saturated heterocycles. The van der Waals surface area contributed by atoms with Crippen molar-refractivity contribution in [2.45, 2.75) is 52.5 Å². The lowest BCUT2D eigenvalue weighted by Crippen LogP contribution is -2.47. The number of benzene rings is 1. The van der Waals surface area contributed by atoms with Crippen molar-refractivity contribution in [3.63, 3.8) is 0 Å². The van der Waals surface area contributed by atoms with Gasteiger partial charge in [0.05, 0.1) is 0 Å². The fraction of sp³-hybridized carbons (Fsp3) is 0.611. The van der Waals surface area contributed by atoms with Crippen molar-refractivity contribution in [1.29, 1.82) is 0 Å². The number of nitrogens with one attached hydrogen (secondary N) is 1. The zero-order chi connectivity index (χ0) is 15.2. The SMILES string of the molecule is CCNC(CN1C(=O)CCCc2ccccc21)C(C)CC. The van der Waals surface area contributed by atoms with Gasteiger partial charge in [-0.15, -0.1) is 0 Å². The van der Waals surface area contributed by atoms with Crippen LogP contribution in [0.2, 0.25) is 0 Å². The van der Waals surface area contributed by atoms with Crippen molar-refractivity contribution in [2.75, 3.05) is 18.0 Å². The third-order valence-corrected chi connectivity index (χ3v) is 4.60. The van der Waals surface area contributed by atoms with Gasteiger partial charge in [0.1, 0.15) is 0 Å². The highest BCUT2D eigenvalue weighted by atomic mass is 16.2. The van der Waals surface area contributed by atoms with E-state index in [0.717, 1.165) is 38.0 Å². The Hall–Kier alpha value is -1.35. The standard InChI is InChI=1S/C18H28N2O/c1-4-14(3)16(19-5-2)13-20-17-11-7-6-9-15(17)10-8-12-18(20)21/h6-7,9,11,14,16,19H,4-5,8,10,12-13H2,1-3H3. The van der Waals surface area contributed by atoms with Crippen molar-refractivity contribution < 1.29 is 4.79 Å². The second-order valence-electron chi connectivity index (χ2n) is 6.04. The first-order valence-electron chi connectivity index (χ1n) is 8.29. The normalized spacial score (nSPS) is 18.0. The Bertz CT molecular complexity index is 472. The lowest BCUT2D eigenvalue weighted by molar-refractivity contribution is -0.118. The van der Waals surface area contributed by atoms with Crippen molar-refractivity contribution in [3.8, 4) is 0 Å². The number of likely N-dealkylation sites (N-methyl/N-ethyl adjacent to an activating group) is 1. The number of para-hydroxylation sites is 1. The van der Waals surface area contributed by atoms with Gasteiger partial charge in [0.15, 0.2) is 0 Å². The summed E-state index contributed by atoms with van der Waals surface area (Å²) in [6.45, 7) is 8.33. The third kappa shape index (κ3) is 3.85. The second-order valence-corrected chi connectivity index (χ2v) is 6.04. The Morgan fingerprint density at radius 3 is 2.71 bits per heavy atom. The van der Waals surface area contributed by atoms with E-state index in [2.05, 4.69) is 44.3 Å². The summed E-state index contributed by atoms with van der Waals surface area (Å²) in [5.41, 5.74) is 2.42. The first-order chi connectivity index (χ1) is 10.2. The molecule has 0 saturated carbocycles. The number of nitrogens with zero attached hydrogens (tertiary/aromatic N) is 1. The number of hydrogen-bond acceptors (Lipinski definition) is 2. The Labute approximate surface area is 128 Å². The molecule has 2 unspecified atom stereocenters. The molecule has 0 aromatic heterocycles. The van der Waals surface area contributed by atoms with E-state index in [4.69, 9.17) is 0 Å². The van der Waals surface area contributed by atoms with Crippen LogP contribution in [-0.2, 0) is 11.2 Å². The molecule has 116 valence electrons. The van der Waals surface area contributed by atoms with Crippen LogP contribution in [0.15, 0.2) is 24.3 Å². The molecule has 1 amide bonds. The molecule has 1 N–H and O–H groups in total. The quantitative estimate of drug-likeness (QED) is 0.870. The van der Waals surface area contributed by atoms with Gasteiger partial charge in [-0.1, -0.05) is 45.4 Å². The van der Waals surface area contributed by atoms with Crippen molar-refractivity contribution >= 4 is 11.6 Å². The summed E-state index contributed by atoms with van der Waals surface area (Å²) in [5.74, 6) is 0.833. The molecule has 2 atom stereocenters. The summed E-state index contributed by atoms with van der Waals surface area (Å²) >= 11 is 0. The Morgan fingerprint density at radius 2 is 2.00 bits per heavy atom. The lowest BCUT2D eigenvalue weighted by Gasteiger charge is -2.31. The van der Waals surface area contributed by atoms with Gasteiger partial charge in [0.25, 0.3) is 0 Å². The van der Waals surface area contributed by atoms with Crippen molar-refractivity contribution in [2.24, 2.45) is 5.92 Å². The number of fused-ring (bicyclic) bond motifs is 1. The number of hydrogen-bond donors (Lipinski definition) is 1. The largest absolute Gasteiger partial charge is 0.312 e. The summed E-state index contributed by atoms with van der Waals surface area (Å²) in [6, 6.07) is 8.72. The molecule has 1 heterocycles. The molecule has 2 rings (SSSR count). The van der Waals surface area contributed by atoms with E-state index in [9.17, 15) is 4.79 Å². The van der Waals surface area contributed by atoms with Gasteiger partial charge in [0.2, 0.25) is 5.91 Å². The zero-order valence-corrected chi connectivity index (χ0v) is 13.6. The number of anilines is 1. The highest BCUT2D eigenvalue weighted by molar-refractivity contribution is 5.94. The monoisotopic (exact) mass is 288 g/mol. The zero-order valence-electron chi connectivity index (χ0n) is 13.6. The fourth-order valence-corrected chi connectivity index (χ4v) is 3.07. The molecule has 0 bridgehead atoms. The van der Waals surface area contributed by atoms with Crippen LogP contribution < -0.4 is 10.2 Å². The average molecular weight is 288 g/mol. The molecule has 0 aliphatic carbocycles. The van der Waals surface area contributed by atoms with Gasteiger partial charge in [-0.3, -0.25) is 4.79 Å². The summed E-state index contributed by atoms with van der Waals surface area (Å²) in [4.78, 5) is 14.5. The molecule has 1 aromatic carbocycles. The summed E-state index contributed by atoms with van der Waals surface area (Å²) in [7, 11) is 0. The van der Waals surface area contributed by atoms with Crippen LogP contribution in [0.1, 0.15) is 45.6 Å². The first-order valence-corrected chi connectivity index (χ1v) is 8.29. The Balaban J connectivity index is 2.25. The minimum absolute atomic E-state index is 0.270. The van der Waals surface area contributed by atoms with Gasteiger partial charge in [-0.25, -0.2) is 0 Å². The first kappa shape index (κ1) is 16.0. The number of carbonyl (C=O) groups excluding carboxylic acids is 1. The topological polar surface area (TPSA) is 32.3 Å². The fourth-order valence-electron chi connectivity index (χ4n) is 3.07. The minimum atomic E-state index is 0.270. The maximum absolute atomic E-state index is 12.5. The molecule has 1 aliphatic heterocycles. The number of aryl methyl sites for hydroxylation is 1.